The van der Waals surface area contributed by atoms with E-state index in [0.717, 1.165) is 65.1 Å². The lowest BCUT2D eigenvalue weighted by Crippen LogP contribution is -2.48. The fraction of sp³-hybridized carbons (Fsp3) is 0.636. The Bertz CT molecular complexity index is 643. The minimum atomic E-state index is -0.0158. The number of hydrogen-bond acceptors (Lipinski definition) is 4. The van der Waals surface area contributed by atoms with Crippen LogP contribution in [-0.4, -0.2) is 65.9 Å². The van der Waals surface area contributed by atoms with Crippen molar-refractivity contribution in [2.75, 3.05) is 39.3 Å². The van der Waals surface area contributed by atoms with Crippen LogP contribution in [-0.2, 0) is 11.3 Å². The molecule has 0 aromatic heterocycles. The van der Waals surface area contributed by atoms with Crippen molar-refractivity contribution >= 4 is 5.91 Å². The number of likely N-dealkylation sites (tertiary alicyclic amines) is 1. The quantitative estimate of drug-likeness (QED) is 0.820. The Morgan fingerprint density at radius 1 is 0.963 bits per heavy atom. The summed E-state index contributed by atoms with van der Waals surface area (Å²) in [5.41, 5.74) is 1.96. The molecule has 2 saturated heterocycles. The molecule has 0 aliphatic carbocycles. The maximum absolute atomic E-state index is 12.9. The van der Waals surface area contributed by atoms with Gasteiger partial charge in [-0.05, 0) is 50.4 Å². The van der Waals surface area contributed by atoms with Crippen molar-refractivity contribution in [3.63, 3.8) is 0 Å². The van der Waals surface area contributed by atoms with Gasteiger partial charge in [-0.2, -0.15) is 5.26 Å². The molecule has 2 heterocycles. The summed E-state index contributed by atoms with van der Waals surface area (Å²) < 4.78 is 0. The first-order valence-electron chi connectivity index (χ1n) is 10.4. The van der Waals surface area contributed by atoms with E-state index in [1.54, 1.807) is 0 Å². The van der Waals surface area contributed by atoms with Gasteiger partial charge in [0.2, 0.25) is 5.91 Å². The van der Waals surface area contributed by atoms with Crippen LogP contribution in [0.1, 0.15) is 50.2 Å². The van der Waals surface area contributed by atoms with E-state index in [4.69, 9.17) is 5.26 Å². The fourth-order valence-corrected chi connectivity index (χ4v) is 4.19. The minimum absolute atomic E-state index is 0.0158. The van der Waals surface area contributed by atoms with Crippen molar-refractivity contribution < 1.29 is 4.79 Å². The Balaban J connectivity index is 1.52. The summed E-state index contributed by atoms with van der Waals surface area (Å²) in [6, 6.07) is 10.0. The molecule has 2 fully saturated rings. The van der Waals surface area contributed by atoms with Crippen molar-refractivity contribution in [3.05, 3.63) is 35.4 Å². The van der Waals surface area contributed by atoms with Gasteiger partial charge < -0.3 is 4.90 Å². The highest BCUT2D eigenvalue weighted by molar-refractivity contribution is 5.81. The number of nitriles is 1. The third-order valence-electron chi connectivity index (χ3n) is 5.94. The van der Waals surface area contributed by atoms with Gasteiger partial charge in [-0.3, -0.25) is 14.6 Å². The van der Waals surface area contributed by atoms with Crippen molar-refractivity contribution in [1.29, 1.82) is 5.26 Å². The summed E-state index contributed by atoms with van der Waals surface area (Å²) in [6.45, 7) is 8.83. The van der Waals surface area contributed by atoms with E-state index in [0.29, 0.717) is 11.5 Å². The van der Waals surface area contributed by atoms with E-state index in [-0.39, 0.29) is 6.04 Å². The van der Waals surface area contributed by atoms with Gasteiger partial charge in [0.15, 0.2) is 0 Å². The van der Waals surface area contributed by atoms with E-state index < -0.39 is 0 Å². The molecule has 1 amide bonds. The molecule has 0 spiro atoms. The van der Waals surface area contributed by atoms with Gasteiger partial charge in [0.25, 0.3) is 0 Å². The molecule has 3 rings (SSSR count). The van der Waals surface area contributed by atoms with Crippen LogP contribution in [0.3, 0.4) is 0 Å². The lowest BCUT2D eigenvalue weighted by molar-refractivity contribution is -0.136. The smallest absolute Gasteiger partial charge is 0.239 e. The maximum atomic E-state index is 12.9. The standard InChI is InChI=1S/C22H32N4O/c1-19(22(27)26-12-4-2-3-5-13-26)25-14-6-11-24(15-16-25)18-21-9-7-20(17-23)8-10-21/h7-10,19H,2-6,11-16,18H2,1H3. The number of rotatable bonds is 4. The summed E-state index contributed by atoms with van der Waals surface area (Å²) in [5, 5.41) is 8.93. The lowest BCUT2D eigenvalue weighted by atomic mass is 10.1. The van der Waals surface area contributed by atoms with E-state index >= 15 is 0 Å². The molecule has 1 unspecified atom stereocenters. The SMILES string of the molecule is CC(C(=O)N1CCCCCC1)N1CCCN(Cc2ccc(C#N)cc2)CC1. The summed E-state index contributed by atoms with van der Waals surface area (Å²) in [7, 11) is 0. The van der Waals surface area contributed by atoms with Crippen LogP contribution in [0.4, 0.5) is 0 Å². The number of carbonyl (C=O) groups is 1. The molecule has 146 valence electrons. The summed E-state index contributed by atoms with van der Waals surface area (Å²) in [6.07, 6.45) is 5.90. The summed E-state index contributed by atoms with van der Waals surface area (Å²) in [4.78, 5) is 19.9. The molecule has 5 heteroatoms. The molecular weight excluding hydrogens is 336 g/mol. The molecule has 2 aliphatic rings. The largest absolute Gasteiger partial charge is 0.341 e. The number of amides is 1. The Kier molecular flexibility index (Phi) is 7.25. The molecule has 27 heavy (non-hydrogen) atoms. The van der Waals surface area contributed by atoms with E-state index in [2.05, 4.69) is 27.7 Å². The highest BCUT2D eigenvalue weighted by Crippen LogP contribution is 2.15. The van der Waals surface area contributed by atoms with Crippen LogP contribution in [0.15, 0.2) is 24.3 Å². The summed E-state index contributed by atoms with van der Waals surface area (Å²) in [5.74, 6) is 0.317. The normalized spacial score (nSPS) is 21.1. The van der Waals surface area contributed by atoms with Crippen LogP contribution in [0.25, 0.3) is 0 Å². The second kappa shape index (κ2) is 9.87. The fourth-order valence-electron chi connectivity index (χ4n) is 4.19. The third-order valence-corrected chi connectivity index (χ3v) is 5.94. The van der Waals surface area contributed by atoms with Crippen LogP contribution in [0, 0.1) is 11.3 Å². The Morgan fingerprint density at radius 2 is 1.67 bits per heavy atom. The zero-order valence-electron chi connectivity index (χ0n) is 16.6. The Morgan fingerprint density at radius 3 is 2.33 bits per heavy atom. The Labute approximate surface area is 163 Å². The number of nitrogens with zero attached hydrogens (tertiary/aromatic N) is 4. The monoisotopic (exact) mass is 368 g/mol. The van der Waals surface area contributed by atoms with Gasteiger partial charge in [0.1, 0.15) is 0 Å². The van der Waals surface area contributed by atoms with Gasteiger partial charge in [-0.25, -0.2) is 0 Å². The number of carbonyl (C=O) groups excluding carboxylic acids is 1. The van der Waals surface area contributed by atoms with Gasteiger partial charge >= 0.3 is 0 Å². The third kappa shape index (κ3) is 5.54. The van der Waals surface area contributed by atoms with Gasteiger partial charge in [-0.1, -0.05) is 25.0 Å². The van der Waals surface area contributed by atoms with Crippen molar-refractivity contribution in [2.24, 2.45) is 0 Å². The molecular formula is C22H32N4O. The van der Waals surface area contributed by atoms with E-state index in [9.17, 15) is 4.79 Å². The van der Waals surface area contributed by atoms with Crippen LogP contribution < -0.4 is 0 Å². The van der Waals surface area contributed by atoms with Crippen LogP contribution in [0.2, 0.25) is 0 Å². The molecule has 1 aromatic rings. The maximum Gasteiger partial charge on any atom is 0.239 e. The average molecular weight is 369 g/mol. The first-order chi connectivity index (χ1) is 13.2. The van der Waals surface area contributed by atoms with Crippen LogP contribution >= 0.6 is 0 Å². The first-order valence-corrected chi connectivity index (χ1v) is 10.4. The first kappa shape index (κ1) is 19.9. The minimum Gasteiger partial charge on any atom is -0.341 e. The average Bonchev–Trinajstić information content (AvgIpc) is 3.11. The number of benzene rings is 1. The predicted molar refractivity (Wildman–Crippen MR) is 107 cm³/mol. The molecule has 0 N–H and O–H groups in total. The highest BCUT2D eigenvalue weighted by Gasteiger charge is 2.27. The molecule has 0 saturated carbocycles. The lowest BCUT2D eigenvalue weighted by Gasteiger charge is -2.31. The van der Waals surface area contributed by atoms with Crippen molar-refractivity contribution in [3.8, 4) is 6.07 Å². The zero-order chi connectivity index (χ0) is 19.1. The molecule has 1 atom stereocenters. The predicted octanol–water partition coefficient (Wildman–Crippen LogP) is 2.86. The van der Waals surface area contributed by atoms with Crippen LogP contribution in [0.5, 0.6) is 0 Å². The number of hydrogen-bond donors (Lipinski definition) is 0. The van der Waals surface area contributed by atoms with E-state index in [1.165, 1.54) is 18.4 Å². The van der Waals surface area contributed by atoms with Gasteiger partial charge in [-0.15, -0.1) is 0 Å². The zero-order valence-corrected chi connectivity index (χ0v) is 16.6. The second-order valence-corrected chi connectivity index (χ2v) is 7.89. The second-order valence-electron chi connectivity index (χ2n) is 7.89. The topological polar surface area (TPSA) is 50.6 Å². The van der Waals surface area contributed by atoms with Gasteiger partial charge in [0, 0.05) is 39.3 Å². The molecule has 5 nitrogen and oxygen atoms in total. The molecule has 1 aromatic carbocycles. The molecule has 0 radical (unpaired) electrons. The molecule has 0 bridgehead atoms. The van der Waals surface area contributed by atoms with Crippen molar-refractivity contribution in [1.82, 2.24) is 14.7 Å². The van der Waals surface area contributed by atoms with E-state index in [1.807, 2.05) is 24.3 Å². The van der Waals surface area contributed by atoms with Crippen molar-refractivity contribution in [2.45, 2.75) is 51.6 Å². The molecule has 2 aliphatic heterocycles. The highest BCUT2D eigenvalue weighted by atomic mass is 16.2. The van der Waals surface area contributed by atoms with Gasteiger partial charge in [0.05, 0.1) is 17.7 Å². The summed E-state index contributed by atoms with van der Waals surface area (Å²) >= 11 is 0. The Hall–Kier alpha value is -1.90.